The lowest BCUT2D eigenvalue weighted by Gasteiger charge is -2.04. The molecule has 104 valence electrons. The van der Waals surface area contributed by atoms with Crippen LogP contribution >= 0.6 is 15.9 Å². The number of benzene rings is 2. The minimum absolute atomic E-state index is 0.121. The molecule has 0 fully saturated rings. The number of para-hydroxylation sites is 1. The molecule has 5 aromatic rings. The number of hydrogen-bond donors (Lipinski definition) is 0. The molecule has 0 atom stereocenters. The van der Waals surface area contributed by atoms with Gasteiger partial charge in [-0.05, 0) is 18.2 Å². The summed E-state index contributed by atoms with van der Waals surface area (Å²) in [5.41, 5.74) is 2.75. The predicted molar refractivity (Wildman–Crippen MR) is 90.7 cm³/mol. The Hall–Kier alpha value is -2.53. The first-order chi connectivity index (χ1) is 10.8. The van der Waals surface area contributed by atoms with E-state index < -0.39 is 0 Å². The second-order valence-corrected chi connectivity index (χ2v) is 6.17. The summed E-state index contributed by atoms with van der Waals surface area (Å²) in [4.78, 5) is 21.5. The van der Waals surface area contributed by atoms with Crippen LogP contribution in [0.25, 0.3) is 38.2 Å². The number of halogens is 1. The Morgan fingerprint density at radius 1 is 0.909 bits per heavy atom. The standard InChI is InChI=1S/C17H8BrN3O/c18-9-4-5-13-12(8-9)10-2-1-3-11-14-15(20-7-6-19-14)17(22)21(13)16(10)11/h1-8H. The smallest absolute Gasteiger partial charge is 0.274 e. The van der Waals surface area contributed by atoms with Crippen molar-refractivity contribution in [2.75, 3.05) is 0 Å². The average Bonchev–Trinajstić information content (AvgIpc) is 2.88. The highest BCUT2D eigenvalue weighted by atomic mass is 79.9. The van der Waals surface area contributed by atoms with Gasteiger partial charge in [0.1, 0.15) is 5.52 Å². The number of rotatable bonds is 0. The molecule has 3 heterocycles. The summed E-state index contributed by atoms with van der Waals surface area (Å²) < 4.78 is 2.74. The zero-order valence-corrected chi connectivity index (χ0v) is 12.8. The minimum atomic E-state index is -0.121. The van der Waals surface area contributed by atoms with Crippen LogP contribution in [0.2, 0.25) is 0 Å². The van der Waals surface area contributed by atoms with E-state index in [-0.39, 0.29) is 5.56 Å². The van der Waals surface area contributed by atoms with Crippen LogP contribution in [-0.2, 0) is 0 Å². The number of fused-ring (bicyclic) bond motifs is 5. The van der Waals surface area contributed by atoms with E-state index in [2.05, 4.69) is 25.9 Å². The lowest BCUT2D eigenvalue weighted by molar-refractivity contribution is 1.17. The zero-order valence-electron chi connectivity index (χ0n) is 11.2. The van der Waals surface area contributed by atoms with Gasteiger partial charge in [0, 0.05) is 33.0 Å². The molecule has 0 N–H and O–H groups in total. The van der Waals surface area contributed by atoms with Gasteiger partial charge < -0.3 is 0 Å². The maximum Gasteiger partial charge on any atom is 0.283 e. The fourth-order valence-corrected chi connectivity index (χ4v) is 3.60. The van der Waals surface area contributed by atoms with E-state index in [0.29, 0.717) is 11.0 Å². The van der Waals surface area contributed by atoms with Crippen molar-refractivity contribution in [3.63, 3.8) is 0 Å². The normalized spacial score (nSPS) is 12.0. The highest BCUT2D eigenvalue weighted by Gasteiger charge is 2.17. The molecular formula is C17H8BrN3O. The first-order valence-corrected chi connectivity index (χ1v) is 7.64. The van der Waals surface area contributed by atoms with Crippen LogP contribution in [0.4, 0.5) is 0 Å². The van der Waals surface area contributed by atoms with Crippen LogP contribution in [-0.4, -0.2) is 14.4 Å². The molecule has 0 bridgehead atoms. The topological polar surface area (TPSA) is 47.3 Å². The number of nitrogens with zero attached hydrogens (tertiary/aromatic N) is 3. The first-order valence-electron chi connectivity index (χ1n) is 6.84. The van der Waals surface area contributed by atoms with Crippen molar-refractivity contribution in [1.29, 1.82) is 0 Å². The fourth-order valence-electron chi connectivity index (χ4n) is 3.24. The van der Waals surface area contributed by atoms with Crippen molar-refractivity contribution in [3.05, 3.63) is 63.6 Å². The van der Waals surface area contributed by atoms with Crippen LogP contribution in [0, 0.1) is 0 Å². The Kier molecular flexibility index (Phi) is 2.20. The van der Waals surface area contributed by atoms with Crippen molar-refractivity contribution in [2.24, 2.45) is 0 Å². The quantitative estimate of drug-likeness (QED) is 0.400. The lowest BCUT2D eigenvalue weighted by Crippen LogP contribution is -2.14. The summed E-state index contributed by atoms with van der Waals surface area (Å²) >= 11 is 3.51. The van der Waals surface area contributed by atoms with Crippen molar-refractivity contribution in [3.8, 4) is 0 Å². The van der Waals surface area contributed by atoms with Crippen LogP contribution in [0.15, 0.2) is 58.1 Å². The molecule has 2 aromatic carbocycles. The van der Waals surface area contributed by atoms with Gasteiger partial charge in [0.2, 0.25) is 0 Å². The molecular weight excluding hydrogens is 342 g/mol. The van der Waals surface area contributed by atoms with Gasteiger partial charge in [0.25, 0.3) is 5.56 Å². The van der Waals surface area contributed by atoms with E-state index in [1.54, 1.807) is 16.8 Å². The summed E-state index contributed by atoms with van der Waals surface area (Å²) in [7, 11) is 0. The molecule has 0 saturated heterocycles. The molecule has 5 heteroatoms. The van der Waals surface area contributed by atoms with E-state index >= 15 is 0 Å². The van der Waals surface area contributed by atoms with Crippen LogP contribution < -0.4 is 5.56 Å². The SMILES string of the molecule is O=c1c2nccnc2c2cccc3c4cc(Br)ccc4n1c32. The molecule has 0 radical (unpaired) electrons. The largest absolute Gasteiger partial charge is 0.283 e. The van der Waals surface area contributed by atoms with Gasteiger partial charge in [0.15, 0.2) is 5.52 Å². The van der Waals surface area contributed by atoms with Crippen molar-refractivity contribution >= 4 is 54.2 Å². The van der Waals surface area contributed by atoms with E-state index in [1.807, 2.05) is 36.4 Å². The number of aromatic nitrogens is 3. The van der Waals surface area contributed by atoms with Crippen LogP contribution in [0.3, 0.4) is 0 Å². The third-order valence-corrected chi connectivity index (χ3v) is 4.60. The molecule has 4 nitrogen and oxygen atoms in total. The maximum absolute atomic E-state index is 12.9. The molecule has 0 saturated carbocycles. The average molecular weight is 350 g/mol. The molecule has 0 aliphatic heterocycles. The molecule has 0 unspecified atom stereocenters. The summed E-state index contributed by atoms with van der Waals surface area (Å²) in [6.07, 6.45) is 3.18. The lowest BCUT2D eigenvalue weighted by atomic mass is 10.1. The van der Waals surface area contributed by atoms with Gasteiger partial charge >= 0.3 is 0 Å². The summed E-state index contributed by atoms with van der Waals surface area (Å²) in [6, 6.07) is 12.0. The summed E-state index contributed by atoms with van der Waals surface area (Å²) in [5, 5.41) is 3.05. The molecule has 0 amide bonds. The number of pyridine rings is 1. The van der Waals surface area contributed by atoms with Gasteiger partial charge in [-0.1, -0.05) is 34.1 Å². The monoisotopic (exact) mass is 349 g/mol. The van der Waals surface area contributed by atoms with Crippen molar-refractivity contribution in [2.45, 2.75) is 0 Å². The minimum Gasteiger partial charge on any atom is -0.274 e. The molecule has 0 aliphatic rings. The van der Waals surface area contributed by atoms with Gasteiger partial charge in [0.05, 0.1) is 11.0 Å². The molecule has 5 rings (SSSR count). The predicted octanol–water partition coefficient (Wildman–Crippen LogP) is 3.75. The highest BCUT2D eigenvalue weighted by molar-refractivity contribution is 9.10. The molecule has 22 heavy (non-hydrogen) atoms. The molecule has 0 spiro atoms. The third kappa shape index (κ3) is 1.34. The van der Waals surface area contributed by atoms with E-state index in [0.717, 1.165) is 31.7 Å². The van der Waals surface area contributed by atoms with E-state index in [9.17, 15) is 4.79 Å². The van der Waals surface area contributed by atoms with Crippen LogP contribution in [0.1, 0.15) is 0 Å². The van der Waals surface area contributed by atoms with Gasteiger partial charge in [-0.25, -0.2) is 4.98 Å². The van der Waals surface area contributed by atoms with Gasteiger partial charge in [-0.3, -0.25) is 14.2 Å². The Balaban J connectivity index is 2.29. The van der Waals surface area contributed by atoms with E-state index in [1.165, 1.54) is 0 Å². The maximum atomic E-state index is 12.9. The van der Waals surface area contributed by atoms with Crippen molar-refractivity contribution in [1.82, 2.24) is 14.4 Å². The van der Waals surface area contributed by atoms with Gasteiger partial charge in [-0.15, -0.1) is 0 Å². The van der Waals surface area contributed by atoms with E-state index in [4.69, 9.17) is 0 Å². The third-order valence-electron chi connectivity index (χ3n) is 4.11. The van der Waals surface area contributed by atoms with Gasteiger partial charge in [-0.2, -0.15) is 0 Å². The second kappa shape index (κ2) is 4.01. The molecule has 0 aliphatic carbocycles. The second-order valence-electron chi connectivity index (χ2n) is 5.26. The highest BCUT2D eigenvalue weighted by Crippen LogP contribution is 2.34. The molecule has 3 aromatic heterocycles. The number of hydrogen-bond acceptors (Lipinski definition) is 3. The summed E-state index contributed by atoms with van der Waals surface area (Å²) in [6.45, 7) is 0. The Labute approximate surface area is 132 Å². The Morgan fingerprint density at radius 2 is 1.68 bits per heavy atom. The zero-order chi connectivity index (χ0) is 14.8. The Morgan fingerprint density at radius 3 is 2.55 bits per heavy atom. The first kappa shape index (κ1) is 12.1. The van der Waals surface area contributed by atoms with Crippen molar-refractivity contribution < 1.29 is 0 Å². The fraction of sp³-hybridized carbons (Fsp3) is 0. The van der Waals surface area contributed by atoms with Crippen LogP contribution in [0.5, 0.6) is 0 Å². The Bertz CT molecular complexity index is 1260. The summed E-state index contributed by atoms with van der Waals surface area (Å²) in [5.74, 6) is 0.